The number of aliphatic hydroxyl groups is 2. The standard InChI is InChI=1S/C47H80N2O6/c1-30(2)28-33(34(50)29-39(53)54)49-38(52)16-14-12-11-13-15-27-48-41(55)44(7)25-23-43(6)24-26-46(9)32(40(43)31(44)3)17-18-36-45(8)21-20-37(51)42(4,5)35(45)19-22-47(36,46)10/h17,30-31,33-37,40,50-51H,11-16,18-29H2,1-10H3,(H,48,55)(H,49,52)(H,53,54)/t31-,33+,34-,35+,36-,37+,40+,43-,44+,45+,46-,47-/m1/s1. The van der Waals surface area contributed by atoms with Gasteiger partial charge in [0.1, 0.15) is 0 Å². The van der Waals surface area contributed by atoms with Crippen LogP contribution in [0.5, 0.6) is 0 Å². The lowest BCUT2D eigenvalue weighted by atomic mass is 9.33. The highest BCUT2D eigenvalue weighted by Gasteiger charge is 2.69. The fourth-order valence-electron chi connectivity index (χ4n) is 13.9. The van der Waals surface area contributed by atoms with Crippen molar-refractivity contribution in [3.8, 4) is 0 Å². The van der Waals surface area contributed by atoms with Crippen molar-refractivity contribution in [2.24, 2.45) is 62.1 Å². The molecule has 0 aromatic heterocycles. The molecule has 2 amide bonds. The molecule has 0 aromatic rings. The van der Waals surface area contributed by atoms with Crippen LogP contribution in [0, 0.1) is 62.1 Å². The topological polar surface area (TPSA) is 136 Å². The van der Waals surface area contributed by atoms with Crippen LogP contribution in [0.3, 0.4) is 0 Å². The zero-order valence-corrected chi connectivity index (χ0v) is 36.5. The Labute approximate surface area is 334 Å². The van der Waals surface area contributed by atoms with Gasteiger partial charge in [0.05, 0.1) is 24.7 Å². The van der Waals surface area contributed by atoms with Gasteiger partial charge in [0.25, 0.3) is 0 Å². The van der Waals surface area contributed by atoms with E-state index in [0.717, 1.165) is 64.2 Å². The van der Waals surface area contributed by atoms with Crippen molar-refractivity contribution in [1.82, 2.24) is 10.6 Å². The average molecular weight is 769 g/mol. The minimum absolute atomic E-state index is 0.0503. The monoisotopic (exact) mass is 769 g/mol. The van der Waals surface area contributed by atoms with Crippen LogP contribution < -0.4 is 10.6 Å². The zero-order chi connectivity index (χ0) is 40.8. The van der Waals surface area contributed by atoms with Crippen LogP contribution in [0.4, 0.5) is 0 Å². The Bertz CT molecular complexity index is 1440. The lowest BCUT2D eigenvalue weighted by Gasteiger charge is -2.72. The molecule has 0 aliphatic heterocycles. The van der Waals surface area contributed by atoms with E-state index in [-0.39, 0.29) is 63.2 Å². The van der Waals surface area contributed by atoms with Gasteiger partial charge in [-0.15, -0.1) is 0 Å². The van der Waals surface area contributed by atoms with Crippen molar-refractivity contribution in [2.45, 2.75) is 197 Å². The third-order valence-corrected chi connectivity index (χ3v) is 17.8. The summed E-state index contributed by atoms with van der Waals surface area (Å²) in [6.07, 6.45) is 16.5. The molecule has 4 saturated carbocycles. The molecule has 8 nitrogen and oxygen atoms in total. The number of carboxylic acids is 1. The molecule has 0 heterocycles. The number of hydrogen-bond acceptors (Lipinski definition) is 5. The van der Waals surface area contributed by atoms with E-state index < -0.39 is 23.5 Å². The van der Waals surface area contributed by atoms with Crippen LogP contribution in [-0.4, -0.2) is 57.9 Å². The molecule has 12 atom stereocenters. The van der Waals surface area contributed by atoms with Gasteiger partial charge in [0.15, 0.2) is 0 Å². The van der Waals surface area contributed by atoms with E-state index in [1.807, 2.05) is 13.8 Å². The third-order valence-electron chi connectivity index (χ3n) is 17.8. The van der Waals surface area contributed by atoms with Crippen LogP contribution in [0.15, 0.2) is 11.6 Å². The Morgan fingerprint density at radius 3 is 2.18 bits per heavy atom. The van der Waals surface area contributed by atoms with Crippen molar-refractivity contribution >= 4 is 17.8 Å². The summed E-state index contributed by atoms with van der Waals surface area (Å²) in [5, 5.41) is 36.7. The molecule has 4 fully saturated rings. The number of aliphatic carboxylic acids is 1. The second-order valence-electron chi connectivity index (χ2n) is 21.8. The molecule has 0 unspecified atom stereocenters. The number of aliphatic hydroxyl groups excluding tert-OH is 2. The normalized spacial score (nSPS) is 40.4. The second-order valence-corrected chi connectivity index (χ2v) is 21.8. The maximum Gasteiger partial charge on any atom is 0.306 e. The fraction of sp³-hybridized carbons (Fsp3) is 0.894. The van der Waals surface area contributed by atoms with E-state index in [1.54, 1.807) is 5.57 Å². The number of nitrogens with one attached hydrogen (secondary N) is 2. The van der Waals surface area contributed by atoms with Gasteiger partial charge in [-0.1, -0.05) is 100 Å². The minimum atomic E-state index is -1.10. The van der Waals surface area contributed by atoms with Gasteiger partial charge < -0.3 is 26.0 Å². The van der Waals surface area contributed by atoms with Gasteiger partial charge in [-0.3, -0.25) is 14.4 Å². The number of carbonyl (C=O) groups excluding carboxylic acids is 2. The van der Waals surface area contributed by atoms with Crippen molar-refractivity contribution in [3.05, 3.63) is 11.6 Å². The largest absolute Gasteiger partial charge is 0.481 e. The Kier molecular flexibility index (Phi) is 13.2. The van der Waals surface area contributed by atoms with Gasteiger partial charge in [0, 0.05) is 18.4 Å². The third kappa shape index (κ3) is 8.08. The summed E-state index contributed by atoms with van der Waals surface area (Å²) in [6.45, 7) is 24.3. The highest BCUT2D eigenvalue weighted by atomic mass is 16.4. The van der Waals surface area contributed by atoms with Crippen molar-refractivity contribution in [1.29, 1.82) is 0 Å². The Hall–Kier alpha value is -1.93. The maximum atomic E-state index is 14.2. The molecule has 8 heteroatoms. The summed E-state index contributed by atoms with van der Waals surface area (Å²) >= 11 is 0. The maximum absolute atomic E-state index is 14.2. The highest BCUT2D eigenvalue weighted by Crippen LogP contribution is 2.76. The van der Waals surface area contributed by atoms with E-state index in [0.29, 0.717) is 37.1 Å². The molecule has 5 N–H and O–H groups in total. The Morgan fingerprint density at radius 2 is 1.51 bits per heavy atom. The molecular weight excluding hydrogens is 689 g/mol. The summed E-state index contributed by atoms with van der Waals surface area (Å²) in [5.74, 6) is 1.04. The quantitative estimate of drug-likeness (QED) is 0.0833. The van der Waals surface area contributed by atoms with E-state index in [1.165, 1.54) is 25.7 Å². The molecule has 314 valence electrons. The summed E-state index contributed by atoms with van der Waals surface area (Å²) in [6, 6.07) is -0.554. The highest BCUT2D eigenvalue weighted by molar-refractivity contribution is 5.83. The van der Waals surface area contributed by atoms with E-state index in [9.17, 15) is 24.6 Å². The number of carboxylic acid groups (broad SMARTS) is 1. The summed E-state index contributed by atoms with van der Waals surface area (Å²) < 4.78 is 0. The molecular formula is C47H80N2O6. The van der Waals surface area contributed by atoms with Crippen molar-refractivity contribution in [3.63, 3.8) is 0 Å². The van der Waals surface area contributed by atoms with Crippen LogP contribution >= 0.6 is 0 Å². The number of amides is 2. The van der Waals surface area contributed by atoms with E-state index >= 15 is 0 Å². The Morgan fingerprint density at radius 1 is 0.855 bits per heavy atom. The molecule has 0 spiro atoms. The van der Waals surface area contributed by atoms with Gasteiger partial charge in [-0.2, -0.15) is 0 Å². The van der Waals surface area contributed by atoms with Crippen LogP contribution in [0.1, 0.15) is 178 Å². The first-order valence-corrected chi connectivity index (χ1v) is 22.4. The molecule has 5 aliphatic carbocycles. The van der Waals surface area contributed by atoms with E-state index in [2.05, 4.69) is 72.1 Å². The molecule has 55 heavy (non-hydrogen) atoms. The van der Waals surface area contributed by atoms with Crippen LogP contribution in [-0.2, 0) is 14.4 Å². The van der Waals surface area contributed by atoms with Gasteiger partial charge >= 0.3 is 5.97 Å². The van der Waals surface area contributed by atoms with Crippen LogP contribution in [0.25, 0.3) is 0 Å². The SMILES string of the molecule is CC(C)C[C@H](NC(=O)CCCCCCCNC(=O)[C@@]1(C)CC[C@]2(C)CC[C@]3(C)C(=CC[C@@H]4[C@@]5(C)CC[C@H](O)C(C)(C)[C@@H]5CC[C@]43C)[C@@H]2[C@H]1C)[C@H](O)CC(=O)O. The molecule has 0 saturated heterocycles. The van der Waals surface area contributed by atoms with E-state index in [4.69, 9.17) is 5.11 Å². The first kappa shape index (κ1) is 44.2. The van der Waals surface area contributed by atoms with Gasteiger partial charge in [0.2, 0.25) is 11.8 Å². The predicted molar refractivity (Wildman–Crippen MR) is 220 cm³/mol. The number of hydrogen-bond donors (Lipinski definition) is 5. The second kappa shape index (κ2) is 16.4. The number of unbranched alkanes of at least 4 members (excludes halogenated alkanes) is 4. The first-order valence-electron chi connectivity index (χ1n) is 22.4. The molecule has 0 radical (unpaired) electrons. The lowest BCUT2D eigenvalue weighted by Crippen LogP contribution is -2.65. The summed E-state index contributed by atoms with van der Waals surface area (Å²) in [7, 11) is 0. The number of carbonyl (C=O) groups is 3. The number of fused-ring (bicyclic) bond motifs is 7. The number of rotatable bonds is 15. The predicted octanol–water partition coefficient (Wildman–Crippen LogP) is 9.22. The number of allylic oxidation sites excluding steroid dienone is 2. The van der Waals surface area contributed by atoms with Crippen LogP contribution in [0.2, 0.25) is 0 Å². The molecule has 0 bridgehead atoms. The van der Waals surface area contributed by atoms with Crippen molar-refractivity contribution in [2.75, 3.05) is 6.54 Å². The Balaban J connectivity index is 1.15. The molecule has 0 aromatic carbocycles. The van der Waals surface area contributed by atoms with Crippen molar-refractivity contribution < 1.29 is 29.7 Å². The first-order chi connectivity index (χ1) is 25.6. The smallest absolute Gasteiger partial charge is 0.306 e. The zero-order valence-electron chi connectivity index (χ0n) is 36.5. The molecule has 5 aliphatic rings. The molecule has 5 rings (SSSR count). The fourth-order valence-corrected chi connectivity index (χ4v) is 13.9. The lowest BCUT2D eigenvalue weighted by molar-refractivity contribution is -0.205. The summed E-state index contributed by atoms with van der Waals surface area (Å²) in [5.41, 5.74) is 1.99. The summed E-state index contributed by atoms with van der Waals surface area (Å²) in [4.78, 5) is 37.8. The van der Waals surface area contributed by atoms with Gasteiger partial charge in [-0.25, -0.2) is 0 Å². The average Bonchev–Trinajstić information content (AvgIpc) is 3.09. The minimum Gasteiger partial charge on any atom is -0.481 e. The van der Waals surface area contributed by atoms with Gasteiger partial charge in [-0.05, 0) is 134 Å².